The van der Waals surface area contributed by atoms with Gasteiger partial charge in [-0.05, 0) is 31.5 Å². The Morgan fingerprint density at radius 2 is 2.11 bits per heavy atom. The summed E-state index contributed by atoms with van der Waals surface area (Å²) in [6.45, 7) is 5.69. The molecule has 1 aliphatic heterocycles. The highest BCUT2D eigenvalue weighted by molar-refractivity contribution is 5.54. The van der Waals surface area contributed by atoms with Gasteiger partial charge in [0, 0.05) is 26.2 Å². The zero-order chi connectivity index (χ0) is 13.8. The standard InChI is InChI=1S/C14H24N4O/c1-4-18-9-7-11(8-10-18)17(2)13-6-5-12(15)14(16-13)19-3/h5-6,11H,4,7-10,15H2,1-3H3. The number of pyridine rings is 1. The molecule has 0 aliphatic carbocycles. The molecule has 1 aromatic rings. The fourth-order valence-corrected chi connectivity index (χ4v) is 2.61. The number of anilines is 2. The van der Waals surface area contributed by atoms with Crippen molar-refractivity contribution in [3.05, 3.63) is 12.1 Å². The van der Waals surface area contributed by atoms with Gasteiger partial charge in [-0.1, -0.05) is 6.92 Å². The molecule has 0 unspecified atom stereocenters. The number of nitrogens with two attached hydrogens (primary N) is 1. The number of aromatic nitrogens is 1. The lowest BCUT2D eigenvalue weighted by Gasteiger charge is -2.36. The van der Waals surface area contributed by atoms with Gasteiger partial charge in [0.2, 0.25) is 5.88 Å². The van der Waals surface area contributed by atoms with Crippen molar-refractivity contribution in [1.82, 2.24) is 9.88 Å². The lowest BCUT2D eigenvalue weighted by molar-refractivity contribution is 0.220. The molecule has 1 aromatic heterocycles. The Balaban J connectivity index is 2.05. The van der Waals surface area contributed by atoms with E-state index < -0.39 is 0 Å². The molecule has 0 atom stereocenters. The predicted octanol–water partition coefficient (Wildman–Crippen LogP) is 1.59. The van der Waals surface area contributed by atoms with Gasteiger partial charge >= 0.3 is 0 Å². The zero-order valence-electron chi connectivity index (χ0n) is 12.1. The fourth-order valence-electron chi connectivity index (χ4n) is 2.61. The van der Waals surface area contributed by atoms with Gasteiger partial charge in [-0.15, -0.1) is 0 Å². The second kappa shape index (κ2) is 6.10. The first-order chi connectivity index (χ1) is 9.15. The Kier molecular flexibility index (Phi) is 4.47. The van der Waals surface area contributed by atoms with Crippen LogP contribution in [0.15, 0.2) is 12.1 Å². The molecule has 2 rings (SSSR count). The average Bonchev–Trinajstić information content (AvgIpc) is 2.47. The van der Waals surface area contributed by atoms with E-state index in [0.717, 1.165) is 25.5 Å². The van der Waals surface area contributed by atoms with Gasteiger partial charge in [-0.2, -0.15) is 4.98 Å². The largest absolute Gasteiger partial charge is 0.479 e. The first-order valence-electron chi connectivity index (χ1n) is 6.91. The van der Waals surface area contributed by atoms with Gasteiger partial charge in [-0.3, -0.25) is 0 Å². The summed E-state index contributed by atoms with van der Waals surface area (Å²) in [4.78, 5) is 9.20. The quantitative estimate of drug-likeness (QED) is 0.895. The van der Waals surface area contributed by atoms with Crippen LogP contribution in [-0.4, -0.2) is 49.7 Å². The Labute approximate surface area is 115 Å². The monoisotopic (exact) mass is 264 g/mol. The molecule has 0 amide bonds. The summed E-state index contributed by atoms with van der Waals surface area (Å²) in [5.74, 6) is 1.44. The summed E-state index contributed by atoms with van der Waals surface area (Å²) in [6.07, 6.45) is 2.36. The SMILES string of the molecule is CCN1CCC(N(C)c2ccc(N)c(OC)n2)CC1. The van der Waals surface area contributed by atoms with Crippen LogP contribution in [0.1, 0.15) is 19.8 Å². The van der Waals surface area contributed by atoms with Crippen LogP contribution in [0, 0.1) is 0 Å². The number of ether oxygens (including phenoxy) is 1. The molecule has 1 aliphatic rings. The fraction of sp³-hybridized carbons (Fsp3) is 0.643. The number of hydrogen-bond donors (Lipinski definition) is 1. The minimum absolute atomic E-state index is 0.510. The lowest BCUT2D eigenvalue weighted by atomic mass is 10.0. The number of rotatable bonds is 4. The molecule has 19 heavy (non-hydrogen) atoms. The first kappa shape index (κ1) is 13.9. The van der Waals surface area contributed by atoms with Crippen molar-refractivity contribution >= 4 is 11.5 Å². The van der Waals surface area contributed by atoms with Crippen LogP contribution in [0.5, 0.6) is 5.88 Å². The van der Waals surface area contributed by atoms with E-state index in [-0.39, 0.29) is 0 Å². The van der Waals surface area contributed by atoms with E-state index in [4.69, 9.17) is 10.5 Å². The van der Waals surface area contributed by atoms with Gasteiger partial charge in [0.1, 0.15) is 5.82 Å². The Hall–Kier alpha value is -1.49. The van der Waals surface area contributed by atoms with E-state index in [1.807, 2.05) is 12.1 Å². The maximum absolute atomic E-state index is 5.80. The van der Waals surface area contributed by atoms with E-state index in [1.165, 1.54) is 12.8 Å². The molecule has 1 fully saturated rings. The molecular formula is C14H24N4O. The predicted molar refractivity (Wildman–Crippen MR) is 78.7 cm³/mol. The topological polar surface area (TPSA) is 54.6 Å². The Morgan fingerprint density at radius 3 is 2.68 bits per heavy atom. The molecule has 0 radical (unpaired) electrons. The highest BCUT2D eigenvalue weighted by atomic mass is 16.5. The minimum Gasteiger partial charge on any atom is -0.479 e. The smallest absolute Gasteiger partial charge is 0.238 e. The highest BCUT2D eigenvalue weighted by Gasteiger charge is 2.22. The van der Waals surface area contributed by atoms with Gasteiger partial charge in [0.25, 0.3) is 0 Å². The van der Waals surface area contributed by atoms with Crippen molar-refractivity contribution in [3.8, 4) is 5.88 Å². The van der Waals surface area contributed by atoms with Crippen LogP contribution in [0.25, 0.3) is 0 Å². The van der Waals surface area contributed by atoms with E-state index in [9.17, 15) is 0 Å². The number of likely N-dealkylation sites (tertiary alicyclic amines) is 1. The van der Waals surface area contributed by atoms with Crippen molar-refractivity contribution in [3.63, 3.8) is 0 Å². The lowest BCUT2D eigenvalue weighted by Crippen LogP contribution is -2.43. The van der Waals surface area contributed by atoms with Gasteiger partial charge in [-0.25, -0.2) is 0 Å². The number of nitrogens with zero attached hydrogens (tertiary/aromatic N) is 3. The van der Waals surface area contributed by atoms with Gasteiger partial charge in [0.15, 0.2) is 0 Å². The van der Waals surface area contributed by atoms with Crippen molar-refractivity contribution < 1.29 is 4.74 Å². The molecule has 2 N–H and O–H groups in total. The molecular weight excluding hydrogens is 240 g/mol. The van der Waals surface area contributed by atoms with Crippen molar-refractivity contribution in [2.24, 2.45) is 0 Å². The van der Waals surface area contributed by atoms with E-state index in [0.29, 0.717) is 17.6 Å². The molecule has 2 heterocycles. The number of nitrogen functional groups attached to an aromatic ring is 1. The van der Waals surface area contributed by atoms with Gasteiger partial charge in [0.05, 0.1) is 12.8 Å². The van der Waals surface area contributed by atoms with Crippen molar-refractivity contribution in [2.75, 3.05) is 44.4 Å². The molecule has 0 bridgehead atoms. The average molecular weight is 264 g/mol. The Morgan fingerprint density at radius 1 is 1.42 bits per heavy atom. The zero-order valence-corrected chi connectivity index (χ0v) is 12.1. The van der Waals surface area contributed by atoms with Gasteiger partial charge < -0.3 is 20.3 Å². The van der Waals surface area contributed by atoms with Crippen molar-refractivity contribution in [2.45, 2.75) is 25.8 Å². The second-order valence-corrected chi connectivity index (χ2v) is 5.04. The summed E-state index contributed by atoms with van der Waals surface area (Å²) < 4.78 is 5.19. The number of methoxy groups -OCH3 is 1. The van der Waals surface area contributed by atoms with E-state index >= 15 is 0 Å². The van der Waals surface area contributed by atoms with E-state index in [2.05, 4.69) is 28.8 Å². The number of piperidine rings is 1. The minimum atomic E-state index is 0.510. The van der Waals surface area contributed by atoms with E-state index in [1.54, 1.807) is 7.11 Å². The molecule has 106 valence electrons. The van der Waals surface area contributed by atoms with Crippen LogP contribution in [0.2, 0.25) is 0 Å². The second-order valence-electron chi connectivity index (χ2n) is 5.04. The summed E-state index contributed by atoms with van der Waals surface area (Å²) >= 11 is 0. The summed E-state index contributed by atoms with van der Waals surface area (Å²) in [7, 11) is 3.70. The molecule has 0 saturated carbocycles. The summed E-state index contributed by atoms with van der Waals surface area (Å²) in [5, 5.41) is 0. The van der Waals surface area contributed by atoms with Crippen LogP contribution >= 0.6 is 0 Å². The van der Waals surface area contributed by atoms with Crippen LogP contribution in [0.3, 0.4) is 0 Å². The normalized spacial score (nSPS) is 17.4. The molecule has 5 heteroatoms. The number of hydrogen-bond acceptors (Lipinski definition) is 5. The van der Waals surface area contributed by atoms with Crippen molar-refractivity contribution in [1.29, 1.82) is 0 Å². The molecule has 1 saturated heterocycles. The van der Waals surface area contributed by atoms with Crippen LogP contribution in [0.4, 0.5) is 11.5 Å². The summed E-state index contributed by atoms with van der Waals surface area (Å²) in [6, 6.07) is 4.37. The van der Waals surface area contributed by atoms with Crippen LogP contribution < -0.4 is 15.4 Å². The Bertz CT molecular complexity index is 416. The van der Waals surface area contributed by atoms with Crippen LogP contribution in [-0.2, 0) is 0 Å². The molecule has 5 nitrogen and oxygen atoms in total. The summed E-state index contributed by atoms with van der Waals surface area (Å²) in [5.41, 5.74) is 6.39. The maximum Gasteiger partial charge on any atom is 0.238 e. The third-order valence-electron chi connectivity index (χ3n) is 3.98. The highest BCUT2D eigenvalue weighted by Crippen LogP contribution is 2.25. The first-order valence-corrected chi connectivity index (χ1v) is 6.91. The third kappa shape index (κ3) is 3.10. The molecule has 0 spiro atoms. The maximum atomic E-state index is 5.80. The third-order valence-corrected chi connectivity index (χ3v) is 3.98. The molecule has 0 aromatic carbocycles.